The zero-order chi connectivity index (χ0) is 30.2. The van der Waals surface area contributed by atoms with Crippen molar-refractivity contribution >= 4 is 39.2 Å². The third kappa shape index (κ3) is 6.16. The monoisotopic (exact) mass is 624 g/mol. The molecule has 2 bridgehead atoms. The predicted molar refractivity (Wildman–Crippen MR) is 147 cm³/mol. The molecule has 1 amide bonds. The summed E-state index contributed by atoms with van der Waals surface area (Å²) in [5.74, 6) is -6.87. The van der Waals surface area contributed by atoms with Gasteiger partial charge in [0.15, 0.2) is 27.3 Å². The zero-order valence-corrected chi connectivity index (χ0v) is 23.4. The first-order chi connectivity index (χ1) is 19.9. The molecule has 3 aromatic carbocycles. The van der Waals surface area contributed by atoms with Crippen LogP contribution in [0.25, 0.3) is 0 Å². The summed E-state index contributed by atoms with van der Waals surface area (Å²) in [6, 6.07) is 10.6. The third-order valence-corrected chi connectivity index (χ3v) is 10.5. The number of nitrogens with one attached hydrogen (secondary N) is 1. The van der Waals surface area contributed by atoms with E-state index in [-0.39, 0.29) is 40.6 Å². The summed E-state index contributed by atoms with van der Waals surface area (Å²) >= 11 is 6.28. The number of oxime groups is 1. The maximum Gasteiger partial charge on any atom is 0.255 e. The number of hydrogen-bond donors (Lipinski definition) is 2. The molecule has 2 saturated carbocycles. The van der Waals surface area contributed by atoms with E-state index in [2.05, 4.69) is 10.5 Å². The second-order valence-corrected chi connectivity index (χ2v) is 13.1. The van der Waals surface area contributed by atoms with Crippen LogP contribution in [0.5, 0.6) is 0 Å². The van der Waals surface area contributed by atoms with E-state index >= 15 is 0 Å². The van der Waals surface area contributed by atoms with Gasteiger partial charge in [-0.1, -0.05) is 28.9 Å². The van der Waals surface area contributed by atoms with E-state index in [0.717, 1.165) is 6.07 Å². The molecule has 2 aliphatic rings. The van der Waals surface area contributed by atoms with Crippen molar-refractivity contribution in [1.29, 1.82) is 0 Å². The Labute approximate surface area is 244 Å². The van der Waals surface area contributed by atoms with Crippen molar-refractivity contribution in [1.82, 2.24) is 0 Å². The van der Waals surface area contributed by atoms with Crippen LogP contribution in [0, 0.1) is 35.1 Å². The molecule has 2 N–H and O–H groups in total. The normalized spacial score (nSPS) is 23.7. The van der Waals surface area contributed by atoms with E-state index in [9.17, 15) is 35.9 Å². The Kier molecular flexibility index (Phi) is 8.32. The van der Waals surface area contributed by atoms with E-state index in [1.807, 2.05) is 0 Å². The Morgan fingerprint density at radius 2 is 1.71 bits per heavy atom. The number of halogens is 5. The van der Waals surface area contributed by atoms with E-state index in [1.165, 1.54) is 36.5 Å². The summed E-state index contributed by atoms with van der Waals surface area (Å²) in [6.45, 7) is -0.0122. The minimum absolute atomic E-state index is 0.0122. The lowest BCUT2D eigenvalue weighted by Crippen LogP contribution is -2.47. The zero-order valence-electron chi connectivity index (χ0n) is 21.9. The Hall–Kier alpha value is -3.48. The Bertz CT molecular complexity index is 1630. The molecule has 4 atom stereocenters. The lowest BCUT2D eigenvalue weighted by Gasteiger charge is -2.38. The van der Waals surface area contributed by atoms with Crippen molar-refractivity contribution in [3.05, 3.63) is 94.0 Å². The molecular formula is C29H25ClF4N2O5S. The van der Waals surface area contributed by atoms with Gasteiger partial charge in [-0.3, -0.25) is 4.79 Å². The van der Waals surface area contributed by atoms with Gasteiger partial charge in [0.05, 0.1) is 21.4 Å². The second kappa shape index (κ2) is 11.7. The van der Waals surface area contributed by atoms with Gasteiger partial charge >= 0.3 is 0 Å². The van der Waals surface area contributed by atoms with Crippen molar-refractivity contribution in [3.63, 3.8) is 0 Å². The number of amides is 1. The maximum absolute atomic E-state index is 13.9. The first-order valence-electron chi connectivity index (χ1n) is 13.0. The summed E-state index contributed by atoms with van der Waals surface area (Å²) in [6.07, 6.45) is 2.52. The van der Waals surface area contributed by atoms with Crippen LogP contribution in [0.2, 0.25) is 5.02 Å². The lowest BCUT2D eigenvalue weighted by atomic mass is 9.78. The van der Waals surface area contributed by atoms with Crippen LogP contribution in [0.15, 0.2) is 64.6 Å². The number of hydrogen-bond acceptors (Lipinski definition) is 6. The summed E-state index contributed by atoms with van der Waals surface area (Å²) in [4.78, 5) is 17.7. The van der Waals surface area contributed by atoms with Gasteiger partial charge < -0.3 is 15.3 Å². The van der Waals surface area contributed by atoms with Crippen LogP contribution in [0.4, 0.5) is 23.2 Å². The highest BCUT2D eigenvalue weighted by Crippen LogP contribution is 2.51. The molecule has 2 fully saturated rings. The van der Waals surface area contributed by atoms with Gasteiger partial charge in [0, 0.05) is 23.4 Å². The number of anilines is 1. The molecule has 0 heterocycles. The molecule has 5 rings (SSSR count). The molecular weight excluding hydrogens is 600 g/mol. The number of fused-ring (bicyclic) bond motifs is 2. The summed E-state index contributed by atoms with van der Waals surface area (Å²) < 4.78 is 81.5. The fraction of sp³-hybridized carbons (Fsp3) is 0.310. The lowest BCUT2D eigenvalue weighted by molar-refractivity contribution is 0.0410. The number of rotatable bonds is 8. The van der Waals surface area contributed by atoms with Gasteiger partial charge in [0.1, 0.15) is 18.0 Å². The van der Waals surface area contributed by atoms with Gasteiger partial charge in [0.2, 0.25) is 0 Å². The first kappa shape index (κ1) is 30.0. The maximum atomic E-state index is 13.9. The Morgan fingerprint density at radius 3 is 2.36 bits per heavy atom. The van der Waals surface area contributed by atoms with Gasteiger partial charge in [0.25, 0.3) is 5.91 Å². The van der Waals surface area contributed by atoms with Crippen molar-refractivity contribution in [3.8, 4) is 0 Å². The van der Waals surface area contributed by atoms with Crippen molar-refractivity contribution in [2.75, 3.05) is 5.32 Å². The molecule has 0 spiro atoms. The average Bonchev–Trinajstić information content (AvgIpc) is 3.23. The third-order valence-electron chi connectivity index (χ3n) is 7.66. The molecule has 2 aliphatic carbocycles. The minimum Gasteiger partial charge on any atom is -0.391 e. The minimum atomic E-state index is -4.10. The number of sulfone groups is 1. The van der Waals surface area contributed by atoms with Crippen LogP contribution >= 0.6 is 11.6 Å². The molecule has 3 aromatic rings. The number of carbonyl (C=O) groups is 1. The van der Waals surface area contributed by atoms with E-state index in [4.69, 9.17) is 16.4 Å². The molecule has 0 aromatic heterocycles. The Morgan fingerprint density at radius 1 is 1.05 bits per heavy atom. The second-order valence-electron chi connectivity index (χ2n) is 10.6. The molecule has 222 valence electrons. The number of aliphatic hydroxyl groups is 1. The van der Waals surface area contributed by atoms with Crippen molar-refractivity contribution in [2.24, 2.45) is 17.0 Å². The molecule has 13 heteroatoms. The van der Waals surface area contributed by atoms with Crippen LogP contribution < -0.4 is 5.32 Å². The fourth-order valence-electron chi connectivity index (χ4n) is 5.90. The highest BCUT2D eigenvalue weighted by Gasteiger charge is 2.54. The van der Waals surface area contributed by atoms with E-state index in [1.54, 1.807) is 6.07 Å². The van der Waals surface area contributed by atoms with E-state index in [0.29, 0.717) is 30.5 Å². The van der Waals surface area contributed by atoms with Gasteiger partial charge in [-0.25, -0.2) is 26.0 Å². The number of nitrogens with zero attached hydrogens (tertiary/aromatic N) is 1. The molecule has 42 heavy (non-hydrogen) atoms. The number of benzene rings is 3. The highest BCUT2D eigenvalue weighted by molar-refractivity contribution is 7.92. The molecule has 0 saturated heterocycles. The van der Waals surface area contributed by atoms with Crippen LogP contribution in [-0.4, -0.2) is 36.5 Å². The van der Waals surface area contributed by atoms with Crippen molar-refractivity contribution < 1.29 is 40.7 Å². The molecule has 2 unspecified atom stereocenters. The van der Waals surface area contributed by atoms with Gasteiger partial charge in [-0.15, -0.1) is 0 Å². The average molecular weight is 625 g/mol. The first-order valence-corrected chi connectivity index (χ1v) is 14.9. The van der Waals surface area contributed by atoms with Crippen LogP contribution in [0.3, 0.4) is 0 Å². The smallest absolute Gasteiger partial charge is 0.255 e. The van der Waals surface area contributed by atoms with Gasteiger partial charge in [-0.2, -0.15) is 0 Å². The van der Waals surface area contributed by atoms with Crippen LogP contribution in [-0.2, 0) is 21.3 Å². The fourth-order valence-corrected chi connectivity index (χ4v) is 8.74. The standard InChI is InChI=1S/C29H25ClF4N2O5S/c30-22-7-6-17(28(37)36-21-10-23(32)26(34)24(33)11-21)9-25(22)42(39,40)27-18-4-5-19(27)13-29(38,12-18)15-35-41-14-16-2-1-3-20(31)8-16/h1-3,6-11,15,18-19,27,38H,4-5,12-14H2,(H,36,37)/b35-15+/t18-,19?,27?,29+/m0/s1. The molecule has 7 nitrogen and oxygen atoms in total. The number of carbonyl (C=O) groups excluding carboxylic acids is 1. The topological polar surface area (TPSA) is 105 Å². The van der Waals surface area contributed by atoms with Crippen LogP contribution in [0.1, 0.15) is 41.6 Å². The summed E-state index contributed by atoms with van der Waals surface area (Å²) in [5.41, 5.74) is -1.36. The Balaban J connectivity index is 1.30. The molecule has 0 aliphatic heterocycles. The predicted octanol–water partition coefficient (Wildman–Crippen LogP) is 6.04. The quantitative estimate of drug-likeness (QED) is 0.138. The molecule has 0 radical (unpaired) electrons. The van der Waals surface area contributed by atoms with E-state index < -0.39 is 61.7 Å². The largest absolute Gasteiger partial charge is 0.391 e. The van der Waals surface area contributed by atoms with Crippen molar-refractivity contribution in [2.45, 2.75) is 48.0 Å². The van der Waals surface area contributed by atoms with Gasteiger partial charge in [-0.05, 0) is 73.4 Å². The SMILES string of the molecule is O=C(Nc1cc(F)c(F)c(F)c1)c1ccc(Cl)c(S(=O)(=O)C2C3CC[C@H]2C[C@](O)(/C=N/OCc2cccc(F)c2)C3)c1. The summed E-state index contributed by atoms with van der Waals surface area (Å²) in [5, 5.41) is 16.3. The summed E-state index contributed by atoms with van der Waals surface area (Å²) in [7, 11) is -4.10. The highest BCUT2D eigenvalue weighted by atomic mass is 35.5.